The predicted molar refractivity (Wildman–Crippen MR) is 103 cm³/mol. The third-order valence-electron chi connectivity index (χ3n) is 7.89. The van der Waals surface area contributed by atoms with Crippen molar-refractivity contribution < 1.29 is 0 Å². The number of hydrogen-bond acceptors (Lipinski definition) is 1. The van der Waals surface area contributed by atoms with Gasteiger partial charge in [0.2, 0.25) is 0 Å². The van der Waals surface area contributed by atoms with Crippen LogP contribution in [0.3, 0.4) is 0 Å². The molecule has 0 amide bonds. The van der Waals surface area contributed by atoms with Gasteiger partial charge in [-0.15, -0.1) is 0 Å². The molecule has 1 aromatic carbocycles. The molecule has 0 radical (unpaired) electrons. The van der Waals surface area contributed by atoms with Gasteiger partial charge in [-0.3, -0.25) is 0 Å². The molecule has 0 bridgehead atoms. The summed E-state index contributed by atoms with van der Waals surface area (Å²) >= 11 is 0. The number of fused-ring (bicyclic) bond motifs is 1. The average molecular weight is 336 g/mol. The van der Waals surface area contributed by atoms with Gasteiger partial charge in [0.15, 0.2) is 0 Å². The van der Waals surface area contributed by atoms with Crippen molar-refractivity contribution in [3.63, 3.8) is 0 Å². The summed E-state index contributed by atoms with van der Waals surface area (Å²) in [7, 11) is 0. The lowest BCUT2D eigenvalue weighted by Crippen LogP contribution is -2.34. The highest BCUT2D eigenvalue weighted by Crippen LogP contribution is 2.50. The van der Waals surface area contributed by atoms with Crippen molar-refractivity contribution in [2.24, 2.45) is 29.6 Å². The molecule has 4 unspecified atom stereocenters. The van der Waals surface area contributed by atoms with Crippen LogP contribution in [0.15, 0.2) is 24.3 Å². The Kier molecular flexibility index (Phi) is 5.16. The highest BCUT2D eigenvalue weighted by atomic mass is 14.4. The minimum atomic E-state index is 0.737. The second-order valence-corrected chi connectivity index (χ2v) is 9.36. The summed E-state index contributed by atoms with van der Waals surface area (Å²) in [5.74, 6) is 5.78. The quantitative estimate of drug-likeness (QED) is 0.591. The Bertz CT molecular complexity index is 602. The van der Waals surface area contributed by atoms with Crippen molar-refractivity contribution in [3.8, 4) is 6.07 Å². The van der Waals surface area contributed by atoms with E-state index in [4.69, 9.17) is 5.26 Å². The summed E-state index contributed by atoms with van der Waals surface area (Å²) < 4.78 is 0. The molecule has 0 N–H and O–H groups in total. The number of nitrogens with zero attached hydrogens (tertiary/aromatic N) is 1. The summed E-state index contributed by atoms with van der Waals surface area (Å²) in [6.45, 7) is 2.44. The van der Waals surface area contributed by atoms with Crippen molar-refractivity contribution >= 4 is 0 Å². The van der Waals surface area contributed by atoms with Gasteiger partial charge in [-0.25, -0.2) is 0 Å². The molecule has 0 saturated heterocycles. The van der Waals surface area contributed by atoms with Gasteiger partial charge in [-0.1, -0.05) is 31.9 Å². The standard InChI is InChI=1S/C24H33N/c1-17-2-6-19(7-3-17)21-10-12-24-15-22(11-13-23(24)14-21)20-8-4-18(16-25)5-9-20/h4-5,8-9,17,19,21-24H,2-3,6-7,10-15H2,1H3. The summed E-state index contributed by atoms with van der Waals surface area (Å²) in [6, 6.07) is 10.7. The number of rotatable bonds is 2. The maximum Gasteiger partial charge on any atom is 0.0991 e. The van der Waals surface area contributed by atoms with Gasteiger partial charge in [0, 0.05) is 0 Å². The number of hydrogen-bond donors (Lipinski definition) is 0. The van der Waals surface area contributed by atoms with Crippen LogP contribution in [0.1, 0.15) is 88.2 Å². The molecular formula is C24H33N. The van der Waals surface area contributed by atoms with Crippen LogP contribution in [-0.4, -0.2) is 0 Å². The monoisotopic (exact) mass is 335 g/mol. The summed E-state index contributed by atoms with van der Waals surface area (Å²) in [5.41, 5.74) is 2.26. The van der Waals surface area contributed by atoms with Crippen molar-refractivity contribution in [3.05, 3.63) is 35.4 Å². The molecule has 25 heavy (non-hydrogen) atoms. The minimum Gasteiger partial charge on any atom is -0.192 e. The Morgan fingerprint density at radius 1 is 0.720 bits per heavy atom. The third-order valence-corrected chi connectivity index (χ3v) is 7.89. The molecular weight excluding hydrogens is 302 g/mol. The largest absolute Gasteiger partial charge is 0.192 e. The lowest BCUT2D eigenvalue weighted by molar-refractivity contribution is 0.0732. The van der Waals surface area contributed by atoms with Gasteiger partial charge in [0.1, 0.15) is 0 Å². The molecule has 0 spiro atoms. The SMILES string of the molecule is CC1CCC(C2CCC3CC(c4ccc(C#N)cc4)CCC3C2)CC1. The molecule has 3 aliphatic carbocycles. The summed E-state index contributed by atoms with van der Waals surface area (Å²) in [5, 5.41) is 8.99. The van der Waals surface area contributed by atoms with Gasteiger partial charge in [0.25, 0.3) is 0 Å². The zero-order valence-corrected chi connectivity index (χ0v) is 15.8. The first-order valence-electron chi connectivity index (χ1n) is 10.7. The van der Waals surface area contributed by atoms with Gasteiger partial charge < -0.3 is 0 Å². The number of nitriles is 1. The van der Waals surface area contributed by atoms with Gasteiger partial charge in [0.05, 0.1) is 11.6 Å². The van der Waals surface area contributed by atoms with Crippen molar-refractivity contribution in [2.75, 3.05) is 0 Å². The normalized spacial score (nSPS) is 38.6. The second-order valence-electron chi connectivity index (χ2n) is 9.36. The lowest BCUT2D eigenvalue weighted by Gasteiger charge is -2.45. The van der Waals surface area contributed by atoms with Crippen LogP contribution in [0.2, 0.25) is 0 Å². The Labute approximate surface area is 153 Å². The van der Waals surface area contributed by atoms with Crippen LogP contribution in [-0.2, 0) is 0 Å². The van der Waals surface area contributed by atoms with Gasteiger partial charge in [-0.05, 0) is 105 Å². The van der Waals surface area contributed by atoms with E-state index in [-0.39, 0.29) is 0 Å². The van der Waals surface area contributed by atoms with Crippen molar-refractivity contribution in [1.82, 2.24) is 0 Å². The molecule has 4 atom stereocenters. The fraction of sp³-hybridized carbons (Fsp3) is 0.708. The van der Waals surface area contributed by atoms with E-state index in [0.29, 0.717) is 0 Å². The zero-order chi connectivity index (χ0) is 17.2. The van der Waals surface area contributed by atoms with Crippen LogP contribution >= 0.6 is 0 Å². The molecule has 0 heterocycles. The van der Waals surface area contributed by atoms with Crippen LogP contribution in [0.4, 0.5) is 0 Å². The highest BCUT2D eigenvalue weighted by Gasteiger charge is 2.38. The first-order chi connectivity index (χ1) is 12.2. The van der Waals surface area contributed by atoms with E-state index in [1.165, 1.54) is 69.8 Å². The Hall–Kier alpha value is -1.29. The second kappa shape index (κ2) is 7.53. The van der Waals surface area contributed by atoms with E-state index < -0.39 is 0 Å². The van der Waals surface area contributed by atoms with Gasteiger partial charge in [-0.2, -0.15) is 5.26 Å². The highest BCUT2D eigenvalue weighted by molar-refractivity contribution is 5.33. The predicted octanol–water partition coefficient (Wildman–Crippen LogP) is 6.68. The molecule has 1 heteroatoms. The van der Waals surface area contributed by atoms with E-state index in [0.717, 1.165) is 41.1 Å². The topological polar surface area (TPSA) is 23.8 Å². The first kappa shape index (κ1) is 17.1. The molecule has 134 valence electrons. The maximum atomic E-state index is 8.99. The smallest absolute Gasteiger partial charge is 0.0991 e. The van der Waals surface area contributed by atoms with Crippen molar-refractivity contribution in [1.29, 1.82) is 5.26 Å². The summed E-state index contributed by atoms with van der Waals surface area (Å²) in [6.07, 6.45) is 14.7. The number of benzene rings is 1. The van der Waals surface area contributed by atoms with Crippen molar-refractivity contribution in [2.45, 2.75) is 77.0 Å². The average Bonchev–Trinajstić information content (AvgIpc) is 2.68. The molecule has 3 aliphatic rings. The molecule has 4 rings (SSSR count). The Balaban J connectivity index is 1.34. The van der Waals surface area contributed by atoms with Crippen LogP contribution in [0, 0.1) is 40.9 Å². The minimum absolute atomic E-state index is 0.737. The van der Waals surface area contributed by atoms with E-state index in [1.54, 1.807) is 0 Å². The molecule has 0 aromatic heterocycles. The van der Waals surface area contributed by atoms with E-state index in [2.05, 4.69) is 25.1 Å². The molecule has 1 nitrogen and oxygen atoms in total. The Morgan fingerprint density at radius 2 is 1.28 bits per heavy atom. The van der Waals surface area contributed by atoms with Crippen LogP contribution in [0.5, 0.6) is 0 Å². The lowest BCUT2D eigenvalue weighted by atomic mass is 9.60. The summed E-state index contributed by atoms with van der Waals surface area (Å²) in [4.78, 5) is 0. The van der Waals surface area contributed by atoms with E-state index in [1.807, 2.05) is 12.1 Å². The molecule has 3 fully saturated rings. The maximum absolute atomic E-state index is 8.99. The zero-order valence-electron chi connectivity index (χ0n) is 15.8. The molecule has 1 aromatic rings. The first-order valence-corrected chi connectivity index (χ1v) is 10.7. The van der Waals surface area contributed by atoms with E-state index >= 15 is 0 Å². The fourth-order valence-electron chi connectivity index (χ4n) is 6.24. The molecule has 0 aliphatic heterocycles. The fourth-order valence-corrected chi connectivity index (χ4v) is 6.24. The van der Waals surface area contributed by atoms with Crippen LogP contribution in [0.25, 0.3) is 0 Å². The Morgan fingerprint density at radius 3 is 1.96 bits per heavy atom. The molecule has 3 saturated carbocycles. The third kappa shape index (κ3) is 3.79. The van der Waals surface area contributed by atoms with Gasteiger partial charge >= 0.3 is 0 Å². The van der Waals surface area contributed by atoms with E-state index in [9.17, 15) is 0 Å². The van der Waals surface area contributed by atoms with Crippen LogP contribution < -0.4 is 0 Å².